The van der Waals surface area contributed by atoms with Gasteiger partial charge in [0, 0.05) is 17.6 Å². The van der Waals surface area contributed by atoms with E-state index in [9.17, 15) is 14.3 Å². The number of carbonyl (C=O) groups is 1. The fraction of sp³-hybridized carbons (Fsp3) is 0.231. The highest BCUT2D eigenvalue weighted by Crippen LogP contribution is 2.31. The van der Waals surface area contributed by atoms with Crippen LogP contribution in [-0.2, 0) is 4.74 Å². The topological polar surface area (TPSA) is 71.5 Å². The Morgan fingerprint density at radius 2 is 2.25 bits per heavy atom. The number of pyridine rings is 1. The summed E-state index contributed by atoms with van der Waals surface area (Å²) in [5, 5.41) is 12.9. The zero-order valence-electron chi connectivity index (χ0n) is 10.2. The highest BCUT2D eigenvalue weighted by molar-refractivity contribution is 9.10. The number of carboxylic acids is 1. The van der Waals surface area contributed by atoms with Gasteiger partial charge in [-0.15, -0.1) is 0 Å². The fourth-order valence-corrected chi connectivity index (χ4v) is 2.37. The first-order valence-corrected chi connectivity index (χ1v) is 6.71. The van der Waals surface area contributed by atoms with Crippen molar-refractivity contribution in [2.24, 2.45) is 0 Å². The molecule has 20 heavy (non-hydrogen) atoms. The molecular weight excluding hydrogens is 331 g/mol. The Balaban J connectivity index is 2.20. The number of rotatable bonds is 3. The minimum atomic E-state index is -1.08. The lowest BCUT2D eigenvalue weighted by Crippen LogP contribution is -2.40. The summed E-state index contributed by atoms with van der Waals surface area (Å²) in [6.07, 6.45) is 1.24. The summed E-state index contributed by atoms with van der Waals surface area (Å²) in [4.78, 5) is 15.3. The number of nitrogens with one attached hydrogen (secondary N) is 1. The number of ether oxygens (including phenoxy) is 1. The Morgan fingerprint density at radius 3 is 2.85 bits per heavy atom. The van der Waals surface area contributed by atoms with Gasteiger partial charge in [0.05, 0.1) is 34.9 Å². The van der Waals surface area contributed by atoms with Crippen LogP contribution in [0.3, 0.4) is 0 Å². The molecule has 0 saturated carbocycles. The van der Waals surface area contributed by atoms with E-state index >= 15 is 0 Å². The normalized spacial score (nSPS) is 15.1. The van der Waals surface area contributed by atoms with Gasteiger partial charge in [-0.25, -0.2) is 9.18 Å². The predicted octanol–water partition coefficient (Wildman–Crippen LogP) is 2.65. The smallest absolute Gasteiger partial charge is 0.339 e. The maximum Gasteiger partial charge on any atom is 0.339 e. The summed E-state index contributed by atoms with van der Waals surface area (Å²) in [6, 6.07) is 2.86. The maximum absolute atomic E-state index is 13.5. The Hall–Kier alpha value is -1.73. The molecule has 2 N–H and O–H groups in total. The minimum Gasteiger partial charge on any atom is -0.478 e. The van der Waals surface area contributed by atoms with Gasteiger partial charge in [-0.2, -0.15) is 0 Å². The monoisotopic (exact) mass is 340 g/mol. The summed E-state index contributed by atoms with van der Waals surface area (Å²) in [6.45, 7) is 1.04. The number of hydrogen-bond donors (Lipinski definition) is 2. The van der Waals surface area contributed by atoms with Gasteiger partial charge < -0.3 is 15.2 Å². The number of aromatic carboxylic acids is 1. The van der Waals surface area contributed by atoms with Crippen LogP contribution in [0.5, 0.6) is 0 Å². The van der Waals surface area contributed by atoms with Crippen molar-refractivity contribution in [3.05, 3.63) is 34.2 Å². The standard InChI is InChI=1S/C13H10BrFN2O3/c14-9-1-7-11(2-10(9)15)16-3-8(13(18)19)12(7)17-6-4-20-5-6/h1-3,6H,4-5H2,(H,16,17)(H,18,19). The average Bonchev–Trinajstić information content (AvgIpc) is 2.35. The van der Waals surface area contributed by atoms with Crippen molar-refractivity contribution in [2.45, 2.75) is 6.04 Å². The molecule has 0 atom stereocenters. The van der Waals surface area contributed by atoms with Gasteiger partial charge in [0.25, 0.3) is 0 Å². The molecule has 0 radical (unpaired) electrons. The van der Waals surface area contributed by atoms with Gasteiger partial charge in [0.1, 0.15) is 11.4 Å². The van der Waals surface area contributed by atoms with Crippen molar-refractivity contribution < 1.29 is 19.0 Å². The van der Waals surface area contributed by atoms with Crippen molar-refractivity contribution in [1.82, 2.24) is 4.98 Å². The molecule has 1 saturated heterocycles. The van der Waals surface area contributed by atoms with E-state index in [0.717, 1.165) is 0 Å². The maximum atomic E-state index is 13.5. The fourth-order valence-electron chi connectivity index (χ4n) is 2.03. The van der Waals surface area contributed by atoms with Crippen molar-refractivity contribution in [3.63, 3.8) is 0 Å². The zero-order chi connectivity index (χ0) is 14.3. The lowest BCUT2D eigenvalue weighted by molar-refractivity contribution is 0.0211. The van der Waals surface area contributed by atoms with Gasteiger partial charge in [-0.3, -0.25) is 4.98 Å². The SMILES string of the molecule is O=C(O)c1cnc2cc(F)c(Br)cc2c1NC1COC1. The van der Waals surface area contributed by atoms with Crippen molar-refractivity contribution in [2.75, 3.05) is 18.5 Å². The number of nitrogens with zero attached hydrogens (tertiary/aromatic N) is 1. The lowest BCUT2D eigenvalue weighted by Gasteiger charge is -2.29. The number of benzene rings is 1. The summed E-state index contributed by atoms with van der Waals surface area (Å²) in [5.41, 5.74) is 0.901. The van der Waals surface area contributed by atoms with Gasteiger partial charge in [0.2, 0.25) is 0 Å². The highest BCUT2D eigenvalue weighted by Gasteiger charge is 2.23. The molecule has 0 aliphatic carbocycles. The van der Waals surface area contributed by atoms with Gasteiger partial charge in [0.15, 0.2) is 0 Å². The number of aromatic nitrogens is 1. The third-order valence-corrected chi connectivity index (χ3v) is 3.73. The third-order valence-electron chi connectivity index (χ3n) is 3.13. The average molecular weight is 341 g/mol. The van der Waals surface area contributed by atoms with E-state index in [-0.39, 0.29) is 16.1 Å². The molecule has 2 aromatic rings. The van der Waals surface area contributed by atoms with Gasteiger partial charge >= 0.3 is 5.97 Å². The molecule has 3 rings (SSSR count). The number of anilines is 1. The van der Waals surface area contributed by atoms with Crippen LogP contribution in [0.4, 0.5) is 10.1 Å². The quantitative estimate of drug-likeness (QED) is 0.898. The summed E-state index contributed by atoms with van der Waals surface area (Å²) in [5.74, 6) is -1.52. The molecule has 104 valence electrons. The van der Waals surface area contributed by atoms with Crippen molar-refractivity contribution in [3.8, 4) is 0 Å². The van der Waals surface area contributed by atoms with E-state index < -0.39 is 11.8 Å². The Morgan fingerprint density at radius 1 is 1.50 bits per heavy atom. The molecule has 2 heterocycles. The minimum absolute atomic E-state index is 0.0579. The first-order valence-electron chi connectivity index (χ1n) is 5.91. The first-order chi connectivity index (χ1) is 9.56. The molecular formula is C13H10BrFN2O3. The van der Waals surface area contributed by atoms with E-state index in [1.807, 2.05) is 0 Å². The van der Waals surface area contributed by atoms with Crippen LogP contribution in [0.2, 0.25) is 0 Å². The lowest BCUT2D eigenvalue weighted by atomic mass is 10.1. The largest absolute Gasteiger partial charge is 0.478 e. The predicted molar refractivity (Wildman–Crippen MR) is 74.6 cm³/mol. The van der Waals surface area contributed by atoms with Gasteiger partial charge in [-0.1, -0.05) is 0 Å². The van der Waals surface area contributed by atoms with E-state index in [2.05, 4.69) is 26.2 Å². The molecule has 0 amide bonds. The van der Waals surface area contributed by atoms with Crippen LogP contribution < -0.4 is 5.32 Å². The molecule has 1 aliphatic heterocycles. The highest BCUT2D eigenvalue weighted by atomic mass is 79.9. The molecule has 0 spiro atoms. The van der Waals surface area contributed by atoms with Crippen LogP contribution in [0.15, 0.2) is 22.8 Å². The first kappa shape index (κ1) is 13.3. The van der Waals surface area contributed by atoms with Crippen molar-refractivity contribution in [1.29, 1.82) is 0 Å². The molecule has 1 aromatic carbocycles. The van der Waals surface area contributed by atoms with Crippen LogP contribution in [0, 0.1) is 5.82 Å². The van der Waals surface area contributed by atoms with E-state index in [4.69, 9.17) is 4.74 Å². The zero-order valence-corrected chi connectivity index (χ0v) is 11.8. The second-order valence-corrected chi connectivity index (χ2v) is 5.37. The summed E-state index contributed by atoms with van der Waals surface area (Å²) in [7, 11) is 0. The van der Waals surface area contributed by atoms with Gasteiger partial charge in [-0.05, 0) is 22.0 Å². The number of halogens is 2. The third kappa shape index (κ3) is 2.23. The van der Waals surface area contributed by atoms with Crippen LogP contribution in [-0.4, -0.2) is 35.3 Å². The van der Waals surface area contributed by atoms with E-state index in [1.54, 1.807) is 0 Å². The van der Waals surface area contributed by atoms with Crippen LogP contribution in [0.25, 0.3) is 10.9 Å². The van der Waals surface area contributed by atoms with Crippen LogP contribution >= 0.6 is 15.9 Å². The Bertz CT molecular complexity index is 704. The molecule has 0 unspecified atom stereocenters. The summed E-state index contributed by atoms with van der Waals surface area (Å²) >= 11 is 3.11. The van der Waals surface area contributed by atoms with E-state index in [1.165, 1.54) is 18.3 Å². The molecule has 5 nitrogen and oxygen atoms in total. The molecule has 7 heteroatoms. The second-order valence-electron chi connectivity index (χ2n) is 4.51. The van der Waals surface area contributed by atoms with Crippen molar-refractivity contribution >= 4 is 38.5 Å². The number of fused-ring (bicyclic) bond motifs is 1. The molecule has 1 fully saturated rings. The summed E-state index contributed by atoms with van der Waals surface area (Å²) < 4.78 is 18.9. The van der Waals surface area contributed by atoms with E-state index in [0.29, 0.717) is 29.8 Å². The number of carboxylic acid groups (broad SMARTS) is 1. The van der Waals surface area contributed by atoms with Crippen LogP contribution in [0.1, 0.15) is 10.4 Å². The number of hydrogen-bond acceptors (Lipinski definition) is 4. The Kier molecular flexibility index (Phi) is 3.31. The molecule has 1 aliphatic rings. The Labute approximate surface area is 121 Å². The molecule has 1 aromatic heterocycles. The molecule has 0 bridgehead atoms. The second kappa shape index (κ2) is 4.99.